The van der Waals surface area contributed by atoms with Crippen LogP contribution in [0.2, 0.25) is 5.02 Å². The summed E-state index contributed by atoms with van der Waals surface area (Å²) in [4.78, 5) is 16.7. The number of aryl methyl sites for hydroxylation is 2. The molecule has 0 aliphatic carbocycles. The van der Waals surface area contributed by atoms with Crippen molar-refractivity contribution in [2.45, 2.75) is 6.92 Å². The zero-order chi connectivity index (χ0) is 15.9. The second kappa shape index (κ2) is 5.70. The van der Waals surface area contributed by atoms with Gasteiger partial charge in [0.25, 0.3) is 5.91 Å². The Hall–Kier alpha value is -1.92. The number of pyridine rings is 1. The highest BCUT2D eigenvalue weighted by molar-refractivity contribution is 9.10. The van der Waals surface area contributed by atoms with E-state index in [1.807, 2.05) is 20.0 Å². The number of rotatable bonds is 2. The molecular weight excluding hydrogens is 368 g/mol. The van der Waals surface area contributed by atoms with Gasteiger partial charge in [0.15, 0.2) is 5.65 Å². The van der Waals surface area contributed by atoms with Crippen LogP contribution in [0.1, 0.15) is 16.1 Å². The topological polar surface area (TPSA) is 59.8 Å². The van der Waals surface area contributed by atoms with Gasteiger partial charge in [-0.15, -0.1) is 0 Å². The lowest BCUT2D eigenvalue weighted by Gasteiger charge is -2.07. The lowest BCUT2D eigenvalue weighted by Crippen LogP contribution is -2.12. The number of carbonyl (C=O) groups excluding carboxylic acids is 1. The van der Waals surface area contributed by atoms with Crippen LogP contribution < -0.4 is 5.32 Å². The maximum atomic E-state index is 12.4. The lowest BCUT2D eigenvalue weighted by atomic mass is 10.2. The third kappa shape index (κ3) is 2.71. The summed E-state index contributed by atoms with van der Waals surface area (Å²) in [5.41, 5.74) is 2.59. The Kier molecular flexibility index (Phi) is 3.88. The van der Waals surface area contributed by atoms with Gasteiger partial charge in [-0.25, -0.2) is 4.98 Å². The molecule has 0 aliphatic rings. The zero-order valence-corrected chi connectivity index (χ0v) is 14.2. The molecule has 0 spiro atoms. The van der Waals surface area contributed by atoms with E-state index in [9.17, 15) is 4.79 Å². The SMILES string of the molecule is Cc1nn(C)c2ncc(C(=O)Nc3ccc(Br)cc3Cl)cc12. The van der Waals surface area contributed by atoms with Crippen LogP contribution in [-0.4, -0.2) is 20.7 Å². The molecule has 3 rings (SSSR count). The molecule has 112 valence electrons. The monoisotopic (exact) mass is 378 g/mol. The van der Waals surface area contributed by atoms with Gasteiger partial charge in [-0.3, -0.25) is 9.48 Å². The fourth-order valence-corrected chi connectivity index (χ4v) is 2.94. The maximum absolute atomic E-state index is 12.4. The third-order valence-electron chi connectivity index (χ3n) is 3.30. The molecule has 2 heterocycles. The smallest absolute Gasteiger partial charge is 0.257 e. The number of halogens is 2. The highest BCUT2D eigenvalue weighted by Crippen LogP contribution is 2.26. The number of aromatic nitrogens is 3. The third-order valence-corrected chi connectivity index (χ3v) is 4.11. The van der Waals surface area contributed by atoms with E-state index in [0.717, 1.165) is 21.2 Å². The molecule has 5 nitrogen and oxygen atoms in total. The molecule has 3 aromatic rings. The van der Waals surface area contributed by atoms with Gasteiger partial charge in [0, 0.05) is 23.1 Å². The van der Waals surface area contributed by atoms with Crippen LogP contribution in [0, 0.1) is 6.92 Å². The van der Waals surface area contributed by atoms with Crippen molar-refractivity contribution >= 4 is 50.2 Å². The first-order valence-corrected chi connectivity index (χ1v) is 7.68. The number of nitrogens with zero attached hydrogens (tertiary/aromatic N) is 3. The molecule has 0 unspecified atom stereocenters. The Morgan fingerprint density at radius 1 is 1.36 bits per heavy atom. The van der Waals surface area contributed by atoms with Crippen LogP contribution >= 0.6 is 27.5 Å². The van der Waals surface area contributed by atoms with E-state index in [1.165, 1.54) is 6.20 Å². The van der Waals surface area contributed by atoms with Crippen LogP contribution in [0.15, 0.2) is 34.9 Å². The molecule has 0 atom stereocenters. The second-order valence-electron chi connectivity index (χ2n) is 4.88. The fourth-order valence-electron chi connectivity index (χ4n) is 2.22. The molecular formula is C15H12BrClN4O. The van der Waals surface area contributed by atoms with Gasteiger partial charge in [-0.05, 0) is 31.2 Å². The van der Waals surface area contributed by atoms with Gasteiger partial charge < -0.3 is 5.32 Å². The summed E-state index contributed by atoms with van der Waals surface area (Å²) in [6.45, 7) is 1.89. The zero-order valence-electron chi connectivity index (χ0n) is 11.9. The van der Waals surface area contributed by atoms with Gasteiger partial charge in [0.2, 0.25) is 0 Å². The van der Waals surface area contributed by atoms with Crippen molar-refractivity contribution in [3.8, 4) is 0 Å². The minimum absolute atomic E-state index is 0.262. The molecule has 22 heavy (non-hydrogen) atoms. The highest BCUT2D eigenvalue weighted by atomic mass is 79.9. The molecule has 0 bridgehead atoms. The van der Waals surface area contributed by atoms with E-state index >= 15 is 0 Å². The van der Waals surface area contributed by atoms with Gasteiger partial charge in [-0.1, -0.05) is 27.5 Å². The predicted octanol–water partition coefficient (Wildman–Crippen LogP) is 3.94. The Morgan fingerprint density at radius 2 is 2.14 bits per heavy atom. The van der Waals surface area contributed by atoms with E-state index in [0.29, 0.717) is 16.3 Å². The van der Waals surface area contributed by atoms with E-state index in [1.54, 1.807) is 22.9 Å². The Bertz CT molecular complexity index is 891. The van der Waals surface area contributed by atoms with Crippen LogP contribution in [0.25, 0.3) is 11.0 Å². The summed E-state index contributed by atoms with van der Waals surface area (Å²) in [7, 11) is 1.82. The van der Waals surface area contributed by atoms with Crippen LogP contribution in [0.3, 0.4) is 0 Å². The van der Waals surface area contributed by atoms with Crippen LogP contribution in [0.5, 0.6) is 0 Å². The summed E-state index contributed by atoms with van der Waals surface area (Å²) in [5, 5.41) is 8.41. The number of benzene rings is 1. The van der Waals surface area contributed by atoms with E-state index in [4.69, 9.17) is 11.6 Å². The molecule has 0 saturated heterocycles. The maximum Gasteiger partial charge on any atom is 0.257 e. The number of amides is 1. The van der Waals surface area contributed by atoms with E-state index < -0.39 is 0 Å². The molecule has 0 aliphatic heterocycles. The summed E-state index contributed by atoms with van der Waals surface area (Å²) in [5.74, 6) is -0.262. The Balaban J connectivity index is 1.93. The van der Waals surface area contributed by atoms with Crippen molar-refractivity contribution < 1.29 is 4.79 Å². The van der Waals surface area contributed by atoms with Crippen molar-refractivity contribution in [1.82, 2.24) is 14.8 Å². The minimum atomic E-state index is -0.262. The van der Waals surface area contributed by atoms with Crippen molar-refractivity contribution in [2.75, 3.05) is 5.32 Å². The van der Waals surface area contributed by atoms with E-state index in [2.05, 4.69) is 31.3 Å². The Labute approximate surface area is 140 Å². The lowest BCUT2D eigenvalue weighted by molar-refractivity contribution is 0.102. The normalized spacial score (nSPS) is 10.9. The minimum Gasteiger partial charge on any atom is -0.321 e. The van der Waals surface area contributed by atoms with Crippen molar-refractivity contribution in [1.29, 1.82) is 0 Å². The molecule has 1 N–H and O–H groups in total. The summed E-state index contributed by atoms with van der Waals surface area (Å²) < 4.78 is 2.54. The summed E-state index contributed by atoms with van der Waals surface area (Å²) in [6, 6.07) is 7.07. The van der Waals surface area contributed by atoms with Crippen molar-refractivity contribution in [3.63, 3.8) is 0 Å². The number of nitrogens with one attached hydrogen (secondary N) is 1. The summed E-state index contributed by atoms with van der Waals surface area (Å²) >= 11 is 9.44. The average Bonchev–Trinajstić information content (AvgIpc) is 2.76. The molecule has 0 fully saturated rings. The second-order valence-corrected chi connectivity index (χ2v) is 6.21. The highest BCUT2D eigenvalue weighted by Gasteiger charge is 2.13. The Morgan fingerprint density at radius 3 is 2.86 bits per heavy atom. The van der Waals surface area contributed by atoms with Gasteiger partial charge in [-0.2, -0.15) is 5.10 Å². The number of hydrogen-bond acceptors (Lipinski definition) is 3. The van der Waals surface area contributed by atoms with Gasteiger partial charge >= 0.3 is 0 Å². The van der Waals surface area contributed by atoms with Gasteiger partial charge in [0.1, 0.15) is 0 Å². The fraction of sp³-hybridized carbons (Fsp3) is 0.133. The molecule has 7 heteroatoms. The largest absolute Gasteiger partial charge is 0.321 e. The first-order chi connectivity index (χ1) is 10.5. The first-order valence-electron chi connectivity index (χ1n) is 6.51. The molecule has 1 amide bonds. The van der Waals surface area contributed by atoms with Crippen molar-refractivity contribution in [3.05, 3.63) is 51.2 Å². The number of hydrogen-bond donors (Lipinski definition) is 1. The molecule has 0 saturated carbocycles. The molecule has 0 radical (unpaired) electrons. The molecule has 1 aromatic carbocycles. The first kappa shape index (κ1) is 15.0. The standard InChI is InChI=1S/C15H12BrClN4O/c1-8-11-5-9(7-18-14(11)21(2)20-8)15(22)19-13-4-3-10(16)6-12(13)17/h3-7H,1-2H3,(H,19,22). The van der Waals surface area contributed by atoms with E-state index in [-0.39, 0.29) is 5.91 Å². The average molecular weight is 380 g/mol. The van der Waals surface area contributed by atoms with Gasteiger partial charge in [0.05, 0.1) is 22.0 Å². The van der Waals surface area contributed by atoms with Crippen LogP contribution in [-0.2, 0) is 7.05 Å². The predicted molar refractivity (Wildman–Crippen MR) is 90.4 cm³/mol. The number of fused-ring (bicyclic) bond motifs is 1. The number of carbonyl (C=O) groups is 1. The van der Waals surface area contributed by atoms with Crippen molar-refractivity contribution in [2.24, 2.45) is 7.05 Å². The number of anilines is 1. The summed E-state index contributed by atoms with van der Waals surface area (Å²) in [6.07, 6.45) is 1.53. The quantitative estimate of drug-likeness (QED) is 0.733. The van der Waals surface area contributed by atoms with Crippen LogP contribution in [0.4, 0.5) is 5.69 Å². The molecule has 2 aromatic heterocycles.